The molecule has 8 aliphatic carbocycles. The van der Waals surface area contributed by atoms with Gasteiger partial charge in [0, 0.05) is 85.9 Å². The third kappa shape index (κ3) is 21.8. The number of nitrogens with one attached hydrogen (secondary N) is 3. The van der Waals surface area contributed by atoms with Gasteiger partial charge in [0.25, 0.3) is 22.1 Å². The number of fused-ring (bicyclic) bond motifs is 4. The fourth-order valence-electron chi connectivity index (χ4n) is 18.7. The smallest absolute Gasteiger partial charge is 0.312 e. The summed E-state index contributed by atoms with van der Waals surface area (Å²) in [6.45, 7) is 20.0. The zero-order chi connectivity index (χ0) is 92.8. The van der Waals surface area contributed by atoms with Gasteiger partial charge in [0.15, 0.2) is 17.0 Å². The molecule has 31 nitrogen and oxygen atoms in total. The van der Waals surface area contributed by atoms with Crippen molar-refractivity contribution >= 4 is 130 Å². The van der Waals surface area contributed by atoms with E-state index in [-0.39, 0.29) is 109 Å². The first-order valence-electron chi connectivity index (χ1n) is 44.6. The number of anilines is 2. The predicted octanol–water partition coefficient (Wildman–Crippen LogP) is 15.4. The molecule has 17 rings (SSSR count). The van der Waals surface area contributed by atoms with E-state index < -0.39 is 103 Å². The molecule has 8 saturated carbocycles. The molecule has 0 bridgehead atoms. The quantitative estimate of drug-likeness (QED) is 0.00923. The van der Waals surface area contributed by atoms with Crippen molar-refractivity contribution in [1.29, 1.82) is 0 Å². The highest BCUT2D eigenvalue weighted by atomic mass is 79.9. The topological polar surface area (TPSA) is 402 Å². The summed E-state index contributed by atoms with van der Waals surface area (Å²) in [5.74, 6) is -2.59. The zero-order valence-electron chi connectivity index (χ0n) is 74.4. The second-order valence-corrected chi connectivity index (χ2v) is 41.7. The number of hydrogen-bond donors (Lipinski definition) is 4. The molecule has 6 heterocycles. The number of oxazole rings is 2. The van der Waals surface area contributed by atoms with Crippen molar-refractivity contribution in [3.63, 3.8) is 0 Å². The second kappa shape index (κ2) is 38.8. The van der Waals surface area contributed by atoms with E-state index in [0.29, 0.717) is 152 Å². The monoisotopic (exact) mass is 1910 g/mol. The van der Waals surface area contributed by atoms with Crippen LogP contribution in [0.3, 0.4) is 0 Å². The van der Waals surface area contributed by atoms with E-state index in [9.17, 15) is 56.7 Å². The number of halogens is 3. The Bertz CT molecular complexity index is 5650. The maximum atomic E-state index is 14.8. The SMILES string of the molecule is C=C[C@@H]1C[C@]1(CC(=O)[C@@H]1C[C@@H](Oc2cc(-c3coc(NC4CC4)n3)nc3c(Cl)c(OCCOC)ccc23)CN1C(=O)C(CC(=O)OC1C[C@@H]2C[C@@H]2C1)C(C)(C)C)C(=O)O.C=C[C@@H]1C[C@]1(CC(=O)[C@@H]1C[C@H](OS(=O)(=O)c2ccc(Br)cc2)CN1C(=O)[C@@H](CC(=O)OC1C[C@@H]2C[C@@H]2C1)C(C)(C)C)C(=O)OC.COCCOc1ccc2c(=O)cc(-c3coc(NC4CC4)n3)[nH]c2c1Cl. The Morgan fingerprint density at radius 3 is 1.58 bits per heavy atom. The largest absolute Gasteiger partial charge is 0.490 e. The van der Waals surface area contributed by atoms with Crippen LogP contribution in [-0.4, -0.2) is 200 Å². The summed E-state index contributed by atoms with van der Waals surface area (Å²) < 4.78 is 88.8. The third-order valence-corrected chi connectivity index (χ3v) is 29.6. The molecule has 0 spiro atoms. The number of benzene rings is 3. The lowest BCUT2D eigenvalue weighted by atomic mass is 9.77. The molecular weight excluding hydrogens is 1800 g/mol. The number of allylic oxidation sites excluding steroid dienone is 2. The van der Waals surface area contributed by atoms with E-state index >= 15 is 0 Å². The number of ketones is 2. The number of aromatic nitrogens is 4. The number of carbonyl (C=O) groups is 8. The number of hydrogen-bond acceptors (Lipinski definition) is 27. The van der Waals surface area contributed by atoms with Crippen molar-refractivity contribution in [2.75, 3.05) is 71.5 Å². The minimum atomic E-state index is -4.23. The summed E-state index contributed by atoms with van der Waals surface area (Å²) in [4.78, 5) is 141. The first kappa shape index (κ1) is 94.9. The van der Waals surface area contributed by atoms with E-state index in [1.54, 1.807) is 68.8 Å². The van der Waals surface area contributed by atoms with Crippen LogP contribution in [0.4, 0.5) is 12.0 Å². The minimum Gasteiger partial charge on any atom is -0.490 e. The van der Waals surface area contributed by atoms with E-state index in [0.717, 1.165) is 51.4 Å². The third-order valence-electron chi connectivity index (χ3n) is 27.0. The van der Waals surface area contributed by atoms with Crippen molar-refractivity contribution < 1.29 is 103 Å². The van der Waals surface area contributed by atoms with Crippen molar-refractivity contribution in [3.05, 3.63) is 123 Å². The van der Waals surface area contributed by atoms with Crippen LogP contribution < -0.4 is 30.3 Å². The van der Waals surface area contributed by atoms with Gasteiger partial charge in [-0.15, -0.1) is 13.2 Å². The van der Waals surface area contributed by atoms with Crippen molar-refractivity contribution in [3.8, 4) is 40.0 Å². The number of nitrogens with zero attached hydrogens (tertiary/aromatic N) is 5. The molecule has 16 atom stereocenters. The van der Waals surface area contributed by atoms with Gasteiger partial charge < -0.3 is 77.3 Å². The van der Waals surface area contributed by atoms with Gasteiger partial charge in [-0.3, -0.25) is 47.3 Å². The van der Waals surface area contributed by atoms with E-state index in [2.05, 4.69) is 54.7 Å². The summed E-state index contributed by atoms with van der Waals surface area (Å²) in [7, 11) is 0.209. The van der Waals surface area contributed by atoms with Crippen LogP contribution in [0.5, 0.6) is 17.2 Å². The molecule has 698 valence electrons. The van der Waals surface area contributed by atoms with E-state index in [4.69, 9.17) is 79.1 Å². The number of Topliss-reactive ketones (excluding diaryl/α,β-unsaturated/α-hetero) is 2. The maximum absolute atomic E-state index is 14.8. The predicted molar refractivity (Wildman–Crippen MR) is 483 cm³/mol. The van der Waals surface area contributed by atoms with Crippen LogP contribution in [0.2, 0.25) is 10.0 Å². The average molecular weight is 1920 g/mol. The number of likely N-dealkylation sites (tertiary alicyclic amines) is 2. The molecule has 0 radical (unpaired) electrons. The number of carboxylic acid groups (broad SMARTS) is 1. The highest BCUT2D eigenvalue weighted by Gasteiger charge is 2.63. The van der Waals surface area contributed by atoms with Crippen LogP contribution >= 0.6 is 39.1 Å². The average Bonchev–Trinajstić information content (AvgIpc) is 1.57. The molecule has 10 aliphatic rings. The number of pyridine rings is 2. The van der Waals surface area contributed by atoms with Gasteiger partial charge in [-0.05, 0) is 172 Å². The highest BCUT2D eigenvalue weighted by molar-refractivity contribution is 9.10. The number of esters is 3. The fourth-order valence-corrected chi connectivity index (χ4v) is 20.6. The number of H-pyrrole nitrogens is 1. The summed E-state index contributed by atoms with van der Waals surface area (Å²) >= 11 is 16.7. The molecule has 2 amide bonds. The summed E-state index contributed by atoms with van der Waals surface area (Å²) in [5.41, 5.74) is -1.05. The summed E-state index contributed by atoms with van der Waals surface area (Å²) in [5, 5.41) is 18.3. The van der Waals surface area contributed by atoms with E-state index in [1.165, 1.54) is 60.5 Å². The maximum Gasteiger partial charge on any atom is 0.312 e. The van der Waals surface area contributed by atoms with Crippen molar-refractivity contribution in [2.24, 2.45) is 69.0 Å². The number of ether oxygens (including phenoxy) is 8. The number of aromatic amines is 1. The molecule has 3 aromatic carbocycles. The Morgan fingerprint density at radius 2 is 1.09 bits per heavy atom. The van der Waals surface area contributed by atoms with Crippen molar-refractivity contribution in [2.45, 2.75) is 211 Å². The first-order chi connectivity index (χ1) is 61.9. The Kier molecular flexibility index (Phi) is 28.3. The Labute approximate surface area is 772 Å². The van der Waals surface area contributed by atoms with Crippen LogP contribution in [0.15, 0.2) is 121 Å². The van der Waals surface area contributed by atoms with Crippen LogP contribution in [0.25, 0.3) is 44.6 Å². The lowest BCUT2D eigenvalue weighted by Gasteiger charge is -2.35. The fraction of sp³-hybridized carbons (Fsp3) is 0.558. The normalized spacial score (nSPS) is 26.0. The van der Waals surface area contributed by atoms with Crippen LogP contribution in [0.1, 0.15) is 157 Å². The van der Waals surface area contributed by atoms with Gasteiger partial charge >= 0.3 is 23.9 Å². The molecular formula is C95H113BrCl2N8O23S. The van der Waals surface area contributed by atoms with Crippen LogP contribution in [0, 0.1) is 69.0 Å². The molecule has 3 unspecified atom stereocenters. The van der Waals surface area contributed by atoms with Gasteiger partial charge in [0.05, 0.1) is 108 Å². The Balaban J connectivity index is 0.000000161. The molecule has 7 aromatic rings. The Morgan fingerprint density at radius 1 is 0.608 bits per heavy atom. The number of carbonyl (C=O) groups excluding carboxylic acids is 7. The molecule has 4 N–H and O–H groups in total. The zero-order valence-corrected chi connectivity index (χ0v) is 78.3. The molecule has 2 saturated heterocycles. The standard InChI is InChI=1S/C44H53ClN4O10.C33H42BrNO9S.C18H18ClN3O4/c1-6-25-19-44(25,41(53)54)20-34(50)33-16-28(21-49(33)40(52)30(43(2,3)4)17-37(51)59-27-14-23-13-24(23)15-27)58-36-18-31(32-22-57-42(48-32)46-26-7-8-26)47-39-29(36)9-10-35(38(39)45)56-12-11-55-5;1-6-21-16-33(21,31(39)42-5)17-28(36)27-14-24(44-45(40,41)25-9-7-22(34)8-10-25)18-35(27)30(38)26(32(2,3)4)15-29(37)43-23-12-19-11-20(19)13-23;1-24-6-7-25-15-5-4-11-14(23)8-12(21-17(11)16(15)19)13-9-26-18(22-13)20-10-2-3-10/h6,9-10,18,22-28,30,33H,1,7-8,11-17,19-21H2,2-5H3,(H,46,48)(H,53,54);6-10,19-21,23-24,26-27H,1,11-18H2,2-5H3;4-5,8-10H,2-3,6-7H2,1H3,(H,20,22)(H,21,23)/t23-,24+,25-,27?,28-,30?,33+,44-;19-,20+,21-,23?,24+,26-,27+,33-;/m11./s1. The van der Waals surface area contributed by atoms with Gasteiger partial charge in [-0.2, -0.15) is 18.4 Å². The summed E-state index contributed by atoms with van der Waals surface area (Å²) in [6.07, 6.45) is 14.2. The Hall–Kier alpha value is -9.77. The molecule has 10 fully saturated rings. The van der Waals surface area contributed by atoms with Crippen molar-refractivity contribution in [1.82, 2.24) is 29.7 Å². The number of aliphatic carboxylic acids is 1. The lowest BCUT2D eigenvalue weighted by Crippen LogP contribution is -2.48. The second-order valence-electron chi connectivity index (χ2n) is 38.5. The van der Waals surface area contributed by atoms with Gasteiger partial charge in [-0.25, -0.2) is 4.98 Å². The number of rotatable bonds is 37. The first-order valence-corrected chi connectivity index (χ1v) is 47.5. The van der Waals surface area contributed by atoms with E-state index in [1.807, 2.05) is 41.5 Å². The van der Waals surface area contributed by atoms with Crippen LogP contribution in [-0.2, 0) is 76.3 Å². The number of amides is 2. The molecule has 4 aromatic heterocycles. The lowest BCUT2D eigenvalue weighted by molar-refractivity contribution is -0.157. The van der Waals surface area contributed by atoms with Gasteiger partial charge in [-0.1, -0.05) is 92.8 Å². The highest BCUT2D eigenvalue weighted by Crippen LogP contribution is 2.59. The summed E-state index contributed by atoms with van der Waals surface area (Å²) in [6, 6.07) is 15.5. The number of carboxylic acids is 1. The molecule has 130 heavy (non-hydrogen) atoms. The van der Waals surface area contributed by atoms with Gasteiger partial charge in [0.2, 0.25) is 11.8 Å². The minimum absolute atomic E-state index is 0.0122. The van der Waals surface area contributed by atoms with Gasteiger partial charge in [0.1, 0.15) is 82.7 Å². The molecule has 2 aliphatic heterocycles. The number of methoxy groups -OCH3 is 3. The molecule has 35 heteroatoms.